The van der Waals surface area contributed by atoms with Crippen molar-refractivity contribution < 1.29 is 18.8 Å². The van der Waals surface area contributed by atoms with Crippen LogP contribution >= 0.6 is 27.7 Å². The maximum atomic E-state index is 14.0. The molecule has 214 valence electrons. The van der Waals surface area contributed by atoms with Crippen molar-refractivity contribution in [2.24, 2.45) is 0 Å². The van der Waals surface area contributed by atoms with Gasteiger partial charge in [0.15, 0.2) is 0 Å². The van der Waals surface area contributed by atoms with E-state index in [1.165, 1.54) is 29.5 Å². The van der Waals surface area contributed by atoms with Crippen LogP contribution in [0.2, 0.25) is 0 Å². The fourth-order valence-electron chi connectivity index (χ4n) is 3.85. The molecule has 0 aliphatic rings. The van der Waals surface area contributed by atoms with Crippen LogP contribution in [-0.2, 0) is 9.59 Å². The minimum atomic E-state index is -0.524. The van der Waals surface area contributed by atoms with Crippen LogP contribution < -0.4 is 16.0 Å². The highest BCUT2D eigenvalue weighted by Gasteiger charge is 2.16. The Morgan fingerprint density at radius 3 is 2.21 bits per heavy atom. The molecule has 4 aromatic rings. The molecule has 4 aromatic carbocycles. The third-order valence-electron chi connectivity index (χ3n) is 6.13. The predicted molar refractivity (Wildman–Crippen MR) is 171 cm³/mol. The molecule has 3 N–H and O–H groups in total. The number of benzene rings is 4. The average molecular weight is 647 g/mol. The van der Waals surface area contributed by atoms with E-state index in [-0.39, 0.29) is 23.0 Å². The third kappa shape index (κ3) is 8.89. The first-order valence-corrected chi connectivity index (χ1v) is 14.9. The molecule has 0 heterocycles. The van der Waals surface area contributed by atoms with Crippen molar-refractivity contribution in [3.63, 3.8) is 0 Å². The van der Waals surface area contributed by atoms with Gasteiger partial charge in [0.1, 0.15) is 11.5 Å². The predicted octanol–water partition coefficient (Wildman–Crippen LogP) is 7.85. The van der Waals surface area contributed by atoms with Crippen LogP contribution in [0, 0.1) is 5.82 Å². The van der Waals surface area contributed by atoms with Gasteiger partial charge in [-0.05, 0) is 77.7 Å². The van der Waals surface area contributed by atoms with E-state index in [4.69, 9.17) is 0 Å². The number of thioether (sulfide) groups is 1. The molecule has 9 heteroatoms. The zero-order chi connectivity index (χ0) is 30.1. The van der Waals surface area contributed by atoms with E-state index >= 15 is 0 Å². The highest BCUT2D eigenvalue weighted by Crippen LogP contribution is 2.23. The molecule has 6 nitrogen and oxygen atoms in total. The Balaban J connectivity index is 1.42. The van der Waals surface area contributed by atoms with Crippen LogP contribution in [0.3, 0.4) is 0 Å². The van der Waals surface area contributed by atoms with Crippen molar-refractivity contribution in [2.75, 3.05) is 16.4 Å². The molecule has 0 aliphatic heterocycles. The number of hydrogen-bond acceptors (Lipinski definition) is 4. The lowest BCUT2D eigenvalue weighted by atomic mass is 10.0. The highest BCUT2D eigenvalue weighted by molar-refractivity contribution is 9.10. The van der Waals surface area contributed by atoms with Crippen LogP contribution in [0.5, 0.6) is 0 Å². The summed E-state index contributed by atoms with van der Waals surface area (Å²) in [6, 6.07) is 27.9. The number of halogens is 2. The van der Waals surface area contributed by atoms with Gasteiger partial charge in [-0.3, -0.25) is 14.4 Å². The summed E-state index contributed by atoms with van der Waals surface area (Å²) >= 11 is 4.47. The number of nitrogens with one attached hydrogen (secondary N) is 3. The van der Waals surface area contributed by atoms with Gasteiger partial charge < -0.3 is 16.0 Å². The zero-order valence-electron chi connectivity index (χ0n) is 23.0. The second-order valence-electron chi connectivity index (χ2n) is 9.64. The zero-order valence-corrected chi connectivity index (χ0v) is 25.4. The minimum absolute atomic E-state index is 0.0786. The molecule has 0 unspecified atom stereocenters. The first kappa shape index (κ1) is 30.7. The molecule has 0 saturated heterocycles. The molecule has 42 heavy (non-hydrogen) atoms. The molecule has 3 amide bonds. The van der Waals surface area contributed by atoms with Crippen molar-refractivity contribution in [2.45, 2.75) is 24.7 Å². The number of amides is 3. The smallest absolute Gasteiger partial charge is 0.272 e. The van der Waals surface area contributed by atoms with Gasteiger partial charge in [0.2, 0.25) is 5.91 Å². The van der Waals surface area contributed by atoms with Gasteiger partial charge in [-0.15, -0.1) is 11.8 Å². The lowest BCUT2D eigenvalue weighted by Gasteiger charge is -2.12. The number of carbonyl (C=O) groups excluding carboxylic acids is 3. The quantitative estimate of drug-likeness (QED) is 0.121. The van der Waals surface area contributed by atoms with Crippen molar-refractivity contribution in [1.29, 1.82) is 0 Å². The molecule has 0 atom stereocenters. The first-order chi connectivity index (χ1) is 20.2. The monoisotopic (exact) mass is 645 g/mol. The fraction of sp³-hybridized carbons (Fsp3) is 0.121. The van der Waals surface area contributed by atoms with Gasteiger partial charge in [0.05, 0.1) is 11.4 Å². The fourth-order valence-corrected chi connectivity index (χ4v) is 4.88. The van der Waals surface area contributed by atoms with Crippen LogP contribution in [0.4, 0.5) is 15.8 Å². The summed E-state index contributed by atoms with van der Waals surface area (Å²) in [4.78, 5) is 39.3. The number of hydrogen-bond donors (Lipinski definition) is 3. The highest BCUT2D eigenvalue weighted by atomic mass is 79.9. The molecule has 0 aliphatic carbocycles. The van der Waals surface area contributed by atoms with Crippen LogP contribution in [0.1, 0.15) is 41.3 Å². The Bertz CT molecular complexity index is 1590. The third-order valence-corrected chi connectivity index (χ3v) is 7.64. The van der Waals surface area contributed by atoms with E-state index < -0.39 is 17.6 Å². The number of rotatable bonds is 10. The Kier molecular flexibility index (Phi) is 10.7. The maximum Gasteiger partial charge on any atom is 0.272 e. The van der Waals surface area contributed by atoms with Gasteiger partial charge in [-0.25, -0.2) is 4.39 Å². The molecule has 0 fully saturated rings. The summed E-state index contributed by atoms with van der Waals surface area (Å²) in [6.45, 7) is 4.21. The van der Waals surface area contributed by atoms with Crippen molar-refractivity contribution in [3.8, 4) is 0 Å². The Morgan fingerprint density at radius 1 is 0.881 bits per heavy atom. The van der Waals surface area contributed by atoms with E-state index in [0.29, 0.717) is 21.6 Å². The summed E-state index contributed by atoms with van der Waals surface area (Å²) < 4.78 is 14.6. The van der Waals surface area contributed by atoms with E-state index in [2.05, 4.69) is 45.7 Å². The normalized spacial score (nSPS) is 11.2. The van der Waals surface area contributed by atoms with Crippen molar-refractivity contribution in [1.82, 2.24) is 5.32 Å². The van der Waals surface area contributed by atoms with Crippen LogP contribution in [0.15, 0.2) is 112 Å². The first-order valence-electron chi connectivity index (χ1n) is 13.1. The maximum absolute atomic E-state index is 14.0. The van der Waals surface area contributed by atoms with E-state index in [9.17, 15) is 18.8 Å². The number of carbonyl (C=O) groups is 3. The Morgan fingerprint density at radius 2 is 1.57 bits per heavy atom. The summed E-state index contributed by atoms with van der Waals surface area (Å²) in [5.74, 6) is -1.30. The second-order valence-corrected chi connectivity index (χ2v) is 11.6. The van der Waals surface area contributed by atoms with E-state index in [1.54, 1.807) is 60.7 Å². The van der Waals surface area contributed by atoms with Gasteiger partial charge in [-0.1, -0.05) is 72.2 Å². The summed E-state index contributed by atoms with van der Waals surface area (Å²) in [6.07, 6.45) is 1.64. The summed E-state index contributed by atoms with van der Waals surface area (Å²) in [5.41, 5.74) is 3.09. The van der Waals surface area contributed by atoms with Crippen molar-refractivity contribution in [3.05, 3.63) is 130 Å². The molecular weight excluding hydrogens is 617 g/mol. The molecular formula is C33H29BrFN3O3S. The SMILES string of the molecule is CC(C)c1ccc(/C=C(\NC(=O)c2ccccc2)C(=O)Nc2ccc(SCC(=O)Nc3ccc(Br)cc3F)cc2)cc1. The van der Waals surface area contributed by atoms with Gasteiger partial charge in [0, 0.05) is 20.6 Å². The summed E-state index contributed by atoms with van der Waals surface area (Å²) in [7, 11) is 0. The van der Waals surface area contributed by atoms with E-state index in [0.717, 1.165) is 10.5 Å². The molecule has 0 spiro atoms. The standard InChI is InChI=1S/C33H29BrFN3O3S/c1-21(2)23-10-8-22(9-11-23)18-30(38-32(40)24-6-4-3-5-7-24)33(41)36-26-13-15-27(16-14-26)42-20-31(39)37-29-17-12-25(34)19-28(29)35/h3-19,21H,20H2,1-2H3,(H,36,41)(H,37,39)(H,38,40)/b30-18-. The molecule has 0 saturated carbocycles. The molecule has 0 aromatic heterocycles. The topological polar surface area (TPSA) is 87.3 Å². The van der Waals surface area contributed by atoms with Crippen LogP contribution in [-0.4, -0.2) is 23.5 Å². The van der Waals surface area contributed by atoms with Crippen LogP contribution in [0.25, 0.3) is 6.08 Å². The van der Waals surface area contributed by atoms with Crippen molar-refractivity contribution >= 4 is 62.9 Å². The summed E-state index contributed by atoms with van der Waals surface area (Å²) in [5, 5.41) is 8.13. The van der Waals surface area contributed by atoms with E-state index in [1.807, 2.05) is 30.3 Å². The lowest BCUT2D eigenvalue weighted by molar-refractivity contribution is -0.114. The lowest BCUT2D eigenvalue weighted by Crippen LogP contribution is -2.30. The second kappa shape index (κ2) is 14.6. The Labute approximate surface area is 256 Å². The molecule has 0 bridgehead atoms. The van der Waals surface area contributed by atoms with Gasteiger partial charge in [0.25, 0.3) is 11.8 Å². The number of anilines is 2. The van der Waals surface area contributed by atoms with Gasteiger partial charge >= 0.3 is 0 Å². The molecule has 4 rings (SSSR count). The largest absolute Gasteiger partial charge is 0.323 e. The molecule has 0 radical (unpaired) electrons. The average Bonchev–Trinajstić information content (AvgIpc) is 2.98. The minimum Gasteiger partial charge on any atom is -0.323 e. The van der Waals surface area contributed by atoms with Gasteiger partial charge in [-0.2, -0.15) is 0 Å². The Hall–Kier alpha value is -4.21.